The molecule has 2 aromatic rings. The number of aryl methyl sites for hydroxylation is 1. The molecule has 0 fully saturated rings. The van der Waals surface area contributed by atoms with Gasteiger partial charge in [-0.3, -0.25) is 4.79 Å². The molecule has 0 spiro atoms. The second-order valence-corrected chi connectivity index (χ2v) is 5.06. The van der Waals surface area contributed by atoms with Crippen LogP contribution in [0.2, 0.25) is 5.15 Å². The number of hydrogen-bond acceptors (Lipinski definition) is 3. The maximum atomic E-state index is 10.7. The third kappa shape index (κ3) is 2.65. The fourth-order valence-corrected chi connectivity index (χ4v) is 2.86. The van der Waals surface area contributed by atoms with E-state index in [1.54, 1.807) is 0 Å². The third-order valence-corrected chi connectivity index (χ3v) is 3.85. The second-order valence-electron chi connectivity index (χ2n) is 3.62. The summed E-state index contributed by atoms with van der Waals surface area (Å²) in [5.41, 5.74) is 2.09. The first-order valence-electron chi connectivity index (χ1n) is 5.01. The normalized spacial score (nSPS) is 10.5. The van der Waals surface area contributed by atoms with Crippen molar-refractivity contribution in [2.45, 2.75) is 13.3 Å². The lowest BCUT2D eigenvalue weighted by Gasteiger charge is -1.99. The van der Waals surface area contributed by atoms with Crippen LogP contribution in [-0.2, 0) is 11.2 Å². The molecule has 5 heteroatoms. The van der Waals surface area contributed by atoms with E-state index >= 15 is 0 Å². The highest BCUT2D eigenvalue weighted by atomic mass is 35.5. The Labute approximate surface area is 108 Å². The van der Waals surface area contributed by atoms with Crippen molar-refractivity contribution >= 4 is 28.9 Å². The number of benzene rings is 1. The molecule has 88 valence electrons. The minimum Gasteiger partial charge on any atom is -0.481 e. The molecule has 3 nitrogen and oxygen atoms in total. The van der Waals surface area contributed by atoms with Gasteiger partial charge >= 0.3 is 5.97 Å². The topological polar surface area (TPSA) is 50.2 Å². The van der Waals surface area contributed by atoms with Gasteiger partial charge in [0.1, 0.15) is 10.2 Å². The summed E-state index contributed by atoms with van der Waals surface area (Å²) in [5, 5.41) is 9.80. The first-order valence-corrected chi connectivity index (χ1v) is 6.20. The van der Waals surface area contributed by atoms with Crippen molar-refractivity contribution in [3.63, 3.8) is 0 Å². The van der Waals surface area contributed by atoms with Crippen LogP contribution in [0.25, 0.3) is 10.6 Å². The zero-order chi connectivity index (χ0) is 12.4. The quantitative estimate of drug-likeness (QED) is 0.927. The zero-order valence-electron chi connectivity index (χ0n) is 9.11. The van der Waals surface area contributed by atoms with Crippen molar-refractivity contribution in [3.8, 4) is 10.6 Å². The molecule has 17 heavy (non-hydrogen) atoms. The molecule has 0 aliphatic heterocycles. The predicted molar refractivity (Wildman–Crippen MR) is 68.6 cm³/mol. The summed E-state index contributed by atoms with van der Waals surface area (Å²) in [6, 6.07) is 7.82. The summed E-state index contributed by atoms with van der Waals surface area (Å²) in [4.78, 5) is 15.5. The Hall–Kier alpha value is -1.39. The highest BCUT2D eigenvalue weighted by molar-refractivity contribution is 7.15. The number of aliphatic carboxylic acids is 1. The van der Waals surface area contributed by atoms with Gasteiger partial charge in [-0.05, 0) is 12.5 Å². The van der Waals surface area contributed by atoms with Crippen LogP contribution >= 0.6 is 22.9 Å². The highest BCUT2D eigenvalue weighted by Gasteiger charge is 2.14. The van der Waals surface area contributed by atoms with E-state index in [0.717, 1.165) is 16.1 Å². The number of carbonyl (C=O) groups is 1. The van der Waals surface area contributed by atoms with Crippen LogP contribution in [0.4, 0.5) is 0 Å². The van der Waals surface area contributed by atoms with Crippen LogP contribution in [0.3, 0.4) is 0 Å². The van der Waals surface area contributed by atoms with E-state index in [1.807, 2.05) is 31.2 Å². The molecule has 0 saturated carbocycles. The van der Waals surface area contributed by atoms with Gasteiger partial charge in [0, 0.05) is 5.56 Å². The average molecular weight is 268 g/mol. The fraction of sp³-hybridized carbons (Fsp3) is 0.167. The lowest BCUT2D eigenvalue weighted by Crippen LogP contribution is -1.97. The lowest BCUT2D eigenvalue weighted by molar-refractivity contribution is -0.136. The van der Waals surface area contributed by atoms with Gasteiger partial charge in [0.25, 0.3) is 0 Å². The molecular formula is C12H10ClNO2S. The van der Waals surface area contributed by atoms with Crippen LogP contribution in [-0.4, -0.2) is 16.1 Å². The van der Waals surface area contributed by atoms with Crippen molar-refractivity contribution < 1.29 is 9.90 Å². The first kappa shape index (κ1) is 12.1. The van der Waals surface area contributed by atoms with E-state index in [-0.39, 0.29) is 11.6 Å². The molecule has 1 aromatic heterocycles. The number of aromatic nitrogens is 1. The summed E-state index contributed by atoms with van der Waals surface area (Å²) >= 11 is 7.26. The molecule has 0 aliphatic carbocycles. The van der Waals surface area contributed by atoms with Gasteiger partial charge < -0.3 is 5.11 Å². The van der Waals surface area contributed by atoms with Gasteiger partial charge in [-0.2, -0.15) is 0 Å². The Morgan fingerprint density at radius 2 is 2.18 bits per heavy atom. The van der Waals surface area contributed by atoms with E-state index in [2.05, 4.69) is 4.98 Å². The van der Waals surface area contributed by atoms with E-state index < -0.39 is 5.97 Å². The molecule has 0 amide bonds. The molecule has 1 aromatic carbocycles. The number of thiazole rings is 1. The number of nitrogens with zero attached hydrogens (tertiary/aromatic N) is 1. The lowest BCUT2D eigenvalue weighted by atomic mass is 10.1. The number of carboxylic acid groups (broad SMARTS) is 1. The Morgan fingerprint density at radius 1 is 1.47 bits per heavy atom. The fourth-order valence-electron chi connectivity index (χ4n) is 1.51. The van der Waals surface area contributed by atoms with Crippen LogP contribution in [0, 0.1) is 6.92 Å². The molecular weight excluding hydrogens is 258 g/mol. The Kier molecular flexibility index (Phi) is 3.45. The van der Waals surface area contributed by atoms with Crippen molar-refractivity contribution in [1.29, 1.82) is 0 Å². The minimum absolute atomic E-state index is 0.0810. The SMILES string of the molecule is Cc1ccccc1-c1nc(Cl)c(CC(=O)O)s1. The smallest absolute Gasteiger partial charge is 0.308 e. The van der Waals surface area contributed by atoms with Crippen LogP contribution < -0.4 is 0 Å². The minimum atomic E-state index is -0.896. The van der Waals surface area contributed by atoms with Gasteiger partial charge in [-0.1, -0.05) is 35.9 Å². The number of hydrogen-bond donors (Lipinski definition) is 1. The number of halogens is 1. The molecule has 0 atom stereocenters. The van der Waals surface area contributed by atoms with Crippen LogP contribution in [0.5, 0.6) is 0 Å². The van der Waals surface area contributed by atoms with Crippen molar-refractivity contribution in [2.75, 3.05) is 0 Å². The molecule has 0 unspecified atom stereocenters. The zero-order valence-corrected chi connectivity index (χ0v) is 10.7. The van der Waals surface area contributed by atoms with E-state index in [4.69, 9.17) is 16.7 Å². The largest absolute Gasteiger partial charge is 0.481 e. The monoisotopic (exact) mass is 267 g/mol. The van der Waals surface area contributed by atoms with Gasteiger partial charge in [-0.15, -0.1) is 11.3 Å². The Morgan fingerprint density at radius 3 is 2.82 bits per heavy atom. The van der Waals surface area contributed by atoms with Crippen LogP contribution in [0.15, 0.2) is 24.3 Å². The van der Waals surface area contributed by atoms with Gasteiger partial charge in [0.2, 0.25) is 0 Å². The van der Waals surface area contributed by atoms with Gasteiger partial charge in [0.05, 0.1) is 11.3 Å². The summed E-state index contributed by atoms with van der Waals surface area (Å²) in [6.45, 7) is 1.99. The summed E-state index contributed by atoms with van der Waals surface area (Å²) in [7, 11) is 0. The van der Waals surface area contributed by atoms with Gasteiger partial charge in [0.15, 0.2) is 0 Å². The van der Waals surface area contributed by atoms with Crippen molar-refractivity contribution in [1.82, 2.24) is 4.98 Å². The van der Waals surface area contributed by atoms with E-state index in [1.165, 1.54) is 11.3 Å². The van der Waals surface area contributed by atoms with Crippen LogP contribution in [0.1, 0.15) is 10.4 Å². The third-order valence-electron chi connectivity index (χ3n) is 2.34. The molecule has 1 N–H and O–H groups in total. The molecule has 0 bridgehead atoms. The second kappa shape index (κ2) is 4.85. The standard InChI is InChI=1S/C12H10ClNO2S/c1-7-4-2-3-5-8(7)12-14-11(13)9(17-12)6-10(15)16/h2-5H,6H2,1H3,(H,15,16). The van der Waals surface area contributed by atoms with E-state index in [9.17, 15) is 4.79 Å². The summed E-state index contributed by atoms with van der Waals surface area (Å²) in [6.07, 6.45) is -0.0810. The van der Waals surface area contributed by atoms with Crippen molar-refractivity contribution in [2.24, 2.45) is 0 Å². The first-order chi connectivity index (χ1) is 8.08. The Bertz CT molecular complexity index is 565. The predicted octanol–water partition coefficient (Wildman–Crippen LogP) is 3.40. The maximum absolute atomic E-state index is 10.7. The summed E-state index contributed by atoms with van der Waals surface area (Å²) in [5.74, 6) is -0.896. The number of carboxylic acids is 1. The average Bonchev–Trinajstić information content (AvgIpc) is 2.60. The number of rotatable bonds is 3. The maximum Gasteiger partial charge on any atom is 0.308 e. The van der Waals surface area contributed by atoms with E-state index in [0.29, 0.717) is 4.88 Å². The highest BCUT2D eigenvalue weighted by Crippen LogP contribution is 2.32. The Balaban J connectivity index is 2.41. The molecule has 0 saturated heterocycles. The summed E-state index contributed by atoms with van der Waals surface area (Å²) < 4.78 is 0. The molecule has 1 heterocycles. The molecule has 0 radical (unpaired) electrons. The van der Waals surface area contributed by atoms with Crippen molar-refractivity contribution in [3.05, 3.63) is 39.9 Å². The molecule has 0 aliphatic rings. The molecule has 2 rings (SSSR count). The van der Waals surface area contributed by atoms with Gasteiger partial charge in [-0.25, -0.2) is 4.98 Å².